The van der Waals surface area contributed by atoms with E-state index in [4.69, 9.17) is 9.72 Å². The highest BCUT2D eigenvalue weighted by Crippen LogP contribution is 2.31. The Morgan fingerprint density at radius 3 is 2.79 bits per heavy atom. The summed E-state index contributed by atoms with van der Waals surface area (Å²) < 4.78 is 36.5. The maximum atomic E-state index is 13.4. The number of piperidine rings is 1. The van der Waals surface area contributed by atoms with E-state index < -0.39 is 10.0 Å². The van der Waals surface area contributed by atoms with Gasteiger partial charge in [-0.2, -0.15) is 4.31 Å². The molecule has 2 saturated heterocycles. The quantitative estimate of drug-likeness (QED) is 0.416. The lowest BCUT2D eigenvalue weighted by Crippen LogP contribution is -2.39. The lowest BCUT2D eigenvalue weighted by Gasteiger charge is -2.30. The molecule has 6 nitrogen and oxygen atoms in total. The fourth-order valence-corrected chi connectivity index (χ4v) is 7.58. The Balaban J connectivity index is 1.47. The van der Waals surface area contributed by atoms with Gasteiger partial charge < -0.3 is 9.30 Å². The van der Waals surface area contributed by atoms with Crippen molar-refractivity contribution in [1.29, 1.82) is 0 Å². The summed E-state index contributed by atoms with van der Waals surface area (Å²) in [6, 6.07) is 14.0. The van der Waals surface area contributed by atoms with E-state index in [0.29, 0.717) is 23.9 Å². The summed E-state index contributed by atoms with van der Waals surface area (Å²) in [5, 5.41) is 0.910. The number of nitrogens with zero attached hydrogens (tertiary/aromatic N) is 3. The topological polar surface area (TPSA) is 64.4 Å². The molecule has 2 atom stereocenters. The Hall–Kier alpha value is -1.87. The molecule has 34 heavy (non-hydrogen) atoms. The van der Waals surface area contributed by atoms with Crippen LogP contribution in [0.4, 0.5) is 0 Å². The van der Waals surface area contributed by atoms with Gasteiger partial charge >= 0.3 is 0 Å². The standard InChI is InChI=1S/C26H33N3O3S2/c1-19-6-3-8-21(14-19)18-33-26-27-24-15-23(34(30,31)28-12-4-7-20(2)16-28)10-11-25(24)29(26)17-22-9-5-13-32-22/h3,6,8,10-11,14-15,20,22H,4-5,7,9,12-13,16-18H2,1-2H3. The minimum absolute atomic E-state index is 0.175. The Labute approximate surface area is 206 Å². The molecule has 0 bridgehead atoms. The summed E-state index contributed by atoms with van der Waals surface area (Å²) in [6.45, 7) is 6.95. The first-order valence-electron chi connectivity index (χ1n) is 12.2. The Kier molecular flexibility index (Phi) is 7.02. The monoisotopic (exact) mass is 499 g/mol. The molecular weight excluding hydrogens is 466 g/mol. The van der Waals surface area contributed by atoms with Gasteiger partial charge in [0.1, 0.15) is 0 Å². The van der Waals surface area contributed by atoms with E-state index in [2.05, 4.69) is 42.7 Å². The predicted molar refractivity (Wildman–Crippen MR) is 137 cm³/mol. The summed E-state index contributed by atoms with van der Waals surface area (Å²) in [5.41, 5.74) is 4.19. The van der Waals surface area contributed by atoms with E-state index >= 15 is 0 Å². The molecule has 3 aromatic rings. The molecule has 0 saturated carbocycles. The van der Waals surface area contributed by atoms with Crippen LogP contribution in [0.3, 0.4) is 0 Å². The van der Waals surface area contributed by atoms with Crippen molar-refractivity contribution in [3.05, 3.63) is 53.6 Å². The third-order valence-corrected chi connectivity index (χ3v) is 9.71. The fraction of sp³-hybridized carbons (Fsp3) is 0.500. The third kappa shape index (κ3) is 5.05. The van der Waals surface area contributed by atoms with Crippen molar-refractivity contribution in [3.63, 3.8) is 0 Å². The maximum absolute atomic E-state index is 13.4. The molecule has 8 heteroatoms. The molecule has 2 unspecified atom stereocenters. The van der Waals surface area contributed by atoms with Gasteiger partial charge in [-0.15, -0.1) is 0 Å². The largest absolute Gasteiger partial charge is 0.376 e. The van der Waals surface area contributed by atoms with Crippen molar-refractivity contribution in [2.45, 2.75) is 68.0 Å². The normalized spacial score (nSPS) is 21.9. The first-order chi connectivity index (χ1) is 16.4. The second kappa shape index (κ2) is 10.0. The molecular formula is C26H33N3O3S2. The zero-order chi connectivity index (χ0) is 23.7. The van der Waals surface area contributed by atoms with Gasteiger partial charge in [-0.3, -0.25) is 0 Å². The number of aryl methyl sites for hydroxylation is 1. The summed E-state index contributed by atoms with van der Waals surface area (Å²) >= 11 is 1.70. The molecule has 182 valence electrons. The molecule has 2 aliphatic heterocycles. The van der Waals surface area contributed by atoms with Crippen LogP contribution in [0.2, 0.25) is 0 Å². The molecule has 0 radical (unpaired) electrons. The zero-order valence-corrected chi connectivity index (χ0v) is 21.6. The molecule has 2 fully saturated rings. The summed E-state index contributed by atoms with van der Waals surface area (Å²) in [7, 11) is -3.52. The van der Waals surface area contributed by atoms with E-state index in [9.17, 15) is 8.42 Å². The van der Waals surface area contributed by atoms with Gasteiger partial charge in [0.15, 0.2) is 5.16 Å². The van der Waals surface area contributed by atoms with E-state index in [0.717, 1.165) is 60.8 Å². The summed E-state index contributed by atoms with van der Waals surface area (Å²) in [4.78, 5) is 5.25. The first kappa shape index (κ1) is 23.9. The van der Waals surface area contributed by atoms with Crippen molar-refractivity contribution in [1.82, 2.24) is 13.9 Å². The summed E-state index contributed by atoms with van der Waals surface area (Å²) in [5.74, 6) is 1.20. The number of benzene rings is 2. The minimum atomic E-state index is -3.52. The van der Waals surface area contributed by atoms with Crippen molar-refractivity contribution in [2.75, 3.05) is 19.7 Å². The molecule has 0 aliphatic carbocycles. The van der Waals surface area contributed by atoms with Crippen LogP contribution >= 0.6 is 11.8 Å². The highest BCUT2D eigenvalue weighted by atomic mass is 32.2. The van der Waals surface area contributed by atoms with Crippen LogP contribution in [0, 0.1) is 12.8 Å². The van der Waals surface area contributed by atoms with E-state index in [1.54, 1.807) is 28.2 Å². The highest BCUT2D eigenvalue weighted by Gasteiger charge is 2.29. The zero-order valence-electron chi connectivity index (χ0n) is 19.9. The van der Waals surface area contributed by atoms with Crippen LogP contribution < -0.4 is 0 Å². The predicted octanol–water partition coefficient (Wildman–Crippen LogP) is 5.24. The first-order valence-corrected chi connectivity index (χ1v) is 14.6. The van der Waals surface area contributed by atoms with Crippen LogP contribution in [-0.4, -0.2) is 48.1 Å². The van der Waals surface area contributed by atoms with Crippen molar-refractivity contribution in [3.8, 4) is 0 Å². The lowest BCUT2D eigenvalue weighted by atomic mass is 10.0. The number of sulfonamides is 1. The van der Waals surface area contributed by atoms with Crippen LogP contribution in [-0.2, 0) is 27.1 Å². The van der Waals surface area contributed by atoms with Crippen molar-refractivity contribution in [2.24, 2.45) is 5.92 Å². The number of hydrogen-bond donors (Lipinski definition) is 0. The number of fused-ring (bicyclic) bond motifs is 1. The van der Waals surface area contributed by atoms with Gasteiger partial charge in [0.2, 0.25) is 10.0 Å². The Morgan fingerprint density at radius 2 is 2.03 bits per heavy atom. The summed E-state index contributed by atoms with van der Waals surface area (Å²) in [6.07, 6.45) is 4.30. The number of thioether (sulfide) groups is 1. The van der Waals surface area contributed by atoms with E-state index in [-0.39, 0.29) is 6.10 Å². The fourth-order valence-electron chi connectivity index (χ4n) is 4.99. The molecule has 3 heterocycles. The highest BCUT2D eigenvalue weighted by molar-refractivity contribution is 7.98. The minimum Gasteiger partial charge on any atom is -0.376 e. The molecule has 0 spiro atoms. The molecule has 1 aromatic heterocycles. The lowest BCUT2D eigenvalue weighted by molar-refractivity contribution is 0.0960. The smallest absolute Gasteiger partial charge is 0.243 e. The SMILES string of the molecule is Cc1cccc(CSc2nc3cc(S(=O)(=O)N4CCCC(C)C4)ccc3n2CC2CCCO2)c1. The van der Waals surface area contributed by atoms with Crippen LogP contribution in [0.5, 0.6) is 0 Å². The van der Waals surface area contributed by atoms with Gasteiger partial charge in [-0.25, -0.2) is 13.4 Å². The molecule has 5 rings (SSSR count). The van der Waals surface area contributed by atoms with Crippen LogP contribution in [0.25, 0.3) is 11.0 Å². The Morgan fingerprint density at radius 1 is 1.15 bits per heavy atom. The van der Waals surface area contributed by atoms with Gasteiger partial charge in [0.05, 0.1) is 28.6 Å². The molecule has 0 amide bonds. The average molecular weight is 500 g/mol. The van der Waals surface area contributed by atoms with E-state index in [1.165, 1.54) is 11.1 Å². The second-order valence-corrected chi connectivity index (χ2v) is 12.6. The third-order valence-electron chi connectivity index (χ3n) is 6.80. The number of ether oxygens (including phenoxy) is 1. The van der Waals surface area contributed by atoms with Crippen molar-refractivity contribution >= 4 is 32.8 Å². The maximum Gasteiger partial charge on any atom is 0.243 e. The van der Waals surface area contributed by atoms with Gasteiger partial charge in [0.25, 0.3) is 0 Å². The number of rotatable bonds is 7. The van der Waals surface area contributed by atoms with Crippen LogP contribution in [0.1, 0.15) is 43.7 Å². The van der Waals surface area contributed by atoms with Gasteiger partial charge in [-0.05, 0) is 62.3 Å². The van der Waals surface area contributed by atoms with Gasteiger partial charge in [0, 0.05) is 25.4 Å². The number of imidazole rings is 1. The van der Waals surface area contributed by atoms with Gasteiger partial charge in [-0.1, -0.05) is 48.5 Å². The average Bonchev–Trinajstić information content (AvgIpc) is 3.46. The molecule has 2 aromatic carbocycles. The van der Waals surface area contributed by atoms with E-state index in [1.807, 2.05) is 6.07 Å². The molecule has 2 aliphatic rings. The number of hydrogen-bond acceptors (Lipinski definition) is 5. The second-order valence-electron chi connectivity index (χ2n) is 9.68. The Bertz CT molecular complexity index is 1270. The number of aromatic nitrogens is 2. The molecule has 0 N–H and O–H groups in total. The van der Waals surface area contributed by atoms with Crippen LogP contribution in [0.15, 0.2) is 52.5 Å². The van der Waals surface area contributed by atoms with Crippen molar-refractivity contribution < 1.29 is 13.2 Å².